The highest BCUT2D eigenvalue weighted by Crippen LogP contribution is 2.14. The standard InChI is InChI=1S/C21H24N4O4S/c1-14(23-13-12-16-4-10-19(11-5-16)30(22,27)28)20-15(2)24-25(21(20)26)17-6-8-18(29-3)9-7-17/h4-11,24H,12-13H2,1-3H3,(H2,22,27,28). The Kier molecular flexibility index (Phi) is 6.23. The second-order valence-electron chi connectivity index (χ2n) is 6.86. The molecule has 3 rings (SSSR count). The number of benzene rings is 2. The maximum Gasteiger partial charge on any atom is 0.280 e. The Labute approximate surface area is 175 Å². The molecule has 0 bridgehead atoms. The van der Waals surface area contributed by atoms with Gasteiger partial charge in [-0.25, -0.2) is 18.2 Å². The fourth-order valence-electron chi connectivity index (χ4n) is 3.16. The number of primary sulfonamides is 1. The third kappa shape index (κ3) is 4.69. The van der Waals surface area contributed by atoms with E-state index in [9.17, 15) is 13.2 Å². The Balaban J connectivity index is 1.76. The highest BCUT2D eigenvalue weighted by Gasteiger charge is 2.15. The number of hydrogen-bond acceptors (Lipinski definition) is 5. The van der Waals surface area contributed by atoms with Crippen molar-refractivity contribution in [1.29, 1.82) is 0 Å². The summed E-state index contributed by atoms with van der Waals surface area (Å²) in [5, 5.41) is 8.20. The van der Waals surface area contributed by atoms with Gasteiger partial charge < -0.3 is 4.74 Å². The summed E-state index contributed by atoms with van der Waals surface area (Å²) in [5.74, 6) is 0.713. The Bertz CT molecular complexity index is 1220. The fourth-order valence-corrected chi connectivity index (χ4v) is 3.68. The van der Waals surface area contributed by atoms with Crippen molar-refractivity contribution in [3.05, 3.63) is 75.7 Å². The summed E-state index contributed by atoms with van der Waals surface area (Å²) in [4.78, 5) is 17.5. The second kappa shape index (κ2) is 8.68. The minimum Gasteiger partial charge on any atom is -0.497 e. The van der Waals surface area contributed by atoms with E-state index in [0.29, 0.717) is 35.7 Å². The van der Waals surface area contributed by atoms with Crippen molar-refractivity contribution in [3.8, 4) is 11.4 Å². The van der Waals surface area contributed by atoms with Crippen LogP contribution in [0.25, 0.3) is 5.69 Å². The minimum atomic E-state index is -3.70. The van der Waals surface area contributed by atoms with Gasteiger partial charge in [-0.2, -0.15) is 0 Å². The lowest BCUT2D eigenvalue weighted by atomic mass is 10.1. The van der Waals surface area contributed by atoms with E-state index in [2.05, 4.69) is 10.1 Å². The van der Waals surface area contributed by atoms with E-state index < -0.39 is 10.0 Å². The average molecular weight is 429 g/mol. The molecule has 158 valence electrons. The quantitative estimate of drug-likeness (QED) is 0.561. The molecular weight excluding hydrogens is 404 g/mol. The lowest BCUT2D eigenvalue weighted by molar-refractivity contribution is 0.414. The van der Waals surface area contributed by atoms with Crippen molar-refractivity contribution in [3.63, 3.8) is 0 Å². The molecule has 0 aliphatic rings. The van der Waals surface area contributed by atoms with Crippen LogP contribution in [0.15, 0.2) is 63.2 Å². The molecule has 1 heterocycles. The number of aliphatic imine (C=N–C) groups is 1. The Morgan fingerprint density at radius 2 is 1.77 bits per heavy atom. The predicted octanol–water partition coefficient (Wildman–Crippen LogP) is 2.18. The maximum atomic E-state index is 12.9. The zero-order valence-electron chi connectivity index (χ0n) is 17.0. The van der Waals surface area contributed by atoms with Gasteiger partial charge in [0.05, 0.1) is 23.3 Å². The average Bonchev–Trinajstić information content (AvgIpc) is 3.02. The van der Waals surface area contributed by atoms with Crippen LogP contribution >= 0.6 is 0 Å². The number of ether oxygens (including phenoxy) is 1. The van der Waals surface area contributed by atoms with Crippen LogP contribution in [0.5, 0.6) is 5.75 Å². The molecule has 0 fully saturated rings. The SMILES string of the molecule is COc1ccc(-n2[nH]c(C)c(C(C)=NCCc3ccc(S(N)(=O)=O)cc3)c2=O)cc1. The van der Waals surface area contributed by atoms with E-state index in [4.69, 9.17) is 9.88 Å². The topological polar surface area (TPSA) is 120 Å². The molecule has 0 amide bonds. The molecule has 0 radical (unpaired) electrons. The summed E-state index contributed by atoms with van der Waals surface area (Å²) in [6.07, 6.45) is 0.610. The van der Waals surface area contributed by atoms with Crippen LogP contribution in [-0.4, -0.2) is 37.6 Å². The van der Waals surface area contributed by atoms with E-state index in [-0.39, 0.29) is 10.5 Å². The molecule has 0 aliphatic heterocycles. The van der Waals surface area contributed by atoms with Crippen molar-refractivity contribution < 1.29 is 13.2 Å². The largest absolute Gasteiger partial charge is 0.497 e. The molecule has 3 N–H and O–H groups in total. The first kappa shape index (κ1) is 21.5. The predicted molar refractivity (Wildman–Crippen MR) is 116 cm³/mol. The number of nitrogens with one attached hydrogen (secondary N) is 1. The summed E-state index contributed by atoms with van der Waals surface area (Å²) >= 11 is 0. The molecule has 2 aromatic carbocycles. The van der Waals surface area contributed by atoms with Gasteiger partial charge in [-0.1, -0.05) is 12.1 Å². The minimum absolute atomic E-state index is 0.0768. The van der Waals surface area contributed by atoms with E-state index in [1.165, 1.54) is 16.8 Å². The summed E-state index contributed by atoms with van der Waals surface area (Å²) in [5.41, 5.74) is 3.38. The maximum absolute atomic E-state index is 12.9. The van der Waals surface area contributed by atoms with Crippen LogP contribution in [0, 0.1) is 6.92 Å². The molecule has 0 aliphatic carbocycles. The summed E-state index contributed by atoms with van der Waals surface area (Å²) < 4.78 is 29.3. The Hall–Kier alpha value is -3.17. The van der Waals surface area contributed by atoms with E-state index in [1.807, 2.05) is 6.92 Å². The van der Waals surface area contributed by atoms with Crippen LogP contribution in [0.3, 0.4) is 0 Å². The number of rotatable bonds is 7. The van der Waals surface area contributed by atoms with E-state index in [0.717, 1.165) is 11.3 Å². The third-order valence-corrected chi connectivity index (χ3v) is 5.69. The molecule has 1 aromatic heterocycles. The molecule has 0 unspecified atom stereocenters. The molecular formula is C21H24N4O4S. The molecule has 0 atom stereocenters. The third-order valence-electron chi connectivity index (χ3n) is 4.77. The van der Waals surface area contributed by atoms with E-state index >= 15 is 0 Å². The number of methoxy groups -OCH3 is 1. The number of sulfonamides is 1. The first-order valence-electron chi connectivity index (χ1n) is 9.30. The first-order chi connectivity index (χ1) is 14.2. The molecule has 0 saturated heterocycles. The lowest BCUT2D eigenvalue weighted by Crippen LogP contribution is -2.20. The Morgan fingerprint density at radius 1 is 1.13 bits per heavy atom. The van der Waals surface area contributed by atoms with Gasteiger partial charge in [0.2, 0.25) is 10.0 Å². The van der Waals surface area contributed by atoms with Gasteiger partial charge in [0, 0.05) is 18.0 Å². The highest BCUT2D eigenvalue weighted by molar-refractivity contribution is 7.89. The smallest absolute Gasteiger partial charge is 0.280 e. The van der Waals surface area contributed by atoms with Crippen molar-refractivity contribution in [2.45, 2.75) is 25.2 Å². The molecule has 30 heavy (non-hydrogen) atoms. The van der Waals surface area contributed by atoms with Crippen molar-refractivity contribution in [1.82, 2.24) is 9.78 Å². The molecule has 0 spiro atoms. The number of nitrogens with zero attached hydrogens (tertiary/aromatic N) is 2. The number of aromatic amines is 1. The van der Waals surface area contributed by atoms with Crippen molar-refractivity contribution >= 4 is 15.7 Å². The van der Waals surface area contributed by atoms with Crippen molar-refractivity contribution in [2.24, 2.45) is 10.1 Å². The number of aromatic nitrogens is 2. The summed E-state index contributed by atoms with van der Waals surface area (Å²) in [6.45, 7) is 4.11. The number of hydrogen-bond donors (Lipinski definition) is 2. The van der Waals surface area contributed by atoms with Crippen LogP contribution in [-0.2, 0) is 16.4 Å². The summed E-state index contributed by atoms with van der Waals surface area (Å²) in [7, 11) is -2.11. The van der Waals surface area contributed by atoms with Crippen LogP contribution in [0.2, 0.25) is 0 Å². The molecule has 0 saturated carbocycles. The van der Waals surface area contributed by atoms with Gasteiger partial charge in [-0.05, 0) is 62.2 Å². The first-order valence-corrected chi connectivity index (χ1v) is 10.8. The monoisotopic (exact) mass is 428 g/mol. The number of nitrogens with two attached hydrogens (primary N) is 1. The van der Waals surface area contributed by atoms with Crippen LogP contribution in [0.1, 0.15) is 23.7 Å². The molecule has 9 heteroatoms. The van der Waals surface area contributed by atoms with Crippen LogP contribution in [0.4, 0.5) is 0 Å². The van der Waals surface area contributed by atoms with Gasteiger partial charge in [0.25, 0.3) is 5.56 Å². The van der Waals surface area contributed by atoms with Gasteiger partial charge in [0.1, 0.15) is 5.75 Å². The fraction of sp³-hybridized carbons (Fsp3) is 0.238. The molecule has 3 aromatic rings. The normalized spacial score (nSPS) is 12.2. The highest BCUT2D eigenvalue weighted by atomic mass is 32.2. The Morgan fingerprint density at radius 3 is 2.33 bits per heavy atom. The lowest BCUT2D eigenvalue weighted by Gasteiger charge is -2.03. The zero-order chi connectivity index (χ0) is 21.9. The molecule has 8 nitrogen and oxygen atoms in total. The van der Waals surface area contributed by atoms with E-state index in [1.54, 1.807) is 50.4 Å². The van der Waals surface area contributed by atoms with Gasteiger partial charge in [-0.15, -0.1) is 0 Å². The number of aryl methyl sites for hydroxylation is 1. The van der Waals surface area contributed by atoms with Gasteiger partial charge >= 0.3 is 0 Å². The second-order valence-corrected chi connectivity index (χ2v) is 8.42. The number of H-pyrrole nitrogens is 1. The van der Waals surface area contributed by atoms with Gasteiger partial charge in [-0.3, -0.25) is 14.9 Å². The summed E-state index contributed by atoms with van der Waals surface area (Å²) in [6, 6.07) is 13.6. The van der Waals surface area contributed by atoms with Crippen molar-refractivity contribution in [2.75, 3.05) is 13.7 Å². The van der Waals surface area contributed by atoms with Crippen LogP contribution < -0.4 is 15.4 Å². The van der Waals surface area contributed by atoms with Gasteiger partial charge in [0.15, 0.2) is 0 Å². The zero-order valence-corrected chi connectivity index (χ0v) is 17.9.